The number of hydrogen-bond acceptors (Lipinski definition) is 4. The Morgan fingerprint density at radius 2 is 1.83 bits per heavy atom. The molecule has 2 N–H and O–H groups in total. The second kappa shape index (κ2) is 9.36. The number of nitrogens with zero attached hydrogens (tertiary/aromatic N) is 2. The SMILES string of the molecule is CCNC(=O)[C@@H]1[C@@H](CO)[C@@H]2Cn3c(ccc(-c4ccc(F)cc4)c3=O)[C@H]1N2Cc1ccccc1F. The van der Waals surface area contributed by atoms with Gasteiger partial charge in [0.05, 0.1) is 12.0 Å². The summed E-state index contributed by atoms with van der Waals surface area (Å²) in [6.45, 7) is 2.55. The summed E-state index contributed by atoms with van der Waals surface area (Å²) >= 11 is 0. The van der Waals surface area contributed by atoms with Gasteiger partial charge in [-0.15, -0.1) is 0 Å². The van der Waals surface area contributed by atoms with Crippen molar-refractivity contribution in [1.29, 1.82) is 0 Å². The zero-order valence-corrected chi connectivity index (χ0v) is 19.3. The molecule has 1 aromatic heterocycles. The van der Waals surface area contributed by atoms with Gasteiger partial charge in [-0.25, -0.2) is 8.78 Å². The number of aromatic nitrogens is 1. The molecule has 2 aromatic carbocycles. The van der Waals surface area contributed by atoms with E-state index in [1.807, 2.05) is 17.9 Å². The number of halogens is 2. The van der Waals surface area contributed by atoms with E-state index in [2.05, 4.69) is 5.32 Å². The Balaban J connectivity index is 1.63. The second-order valence-corrected chi connectivity index (χ2v) is 9.14. The highest BCUT2D eigenvalue weighted by molar-refractivity contribution is 5.80. The van der Waals surface area contributed by atoms with Crippen molar-refractivity contribution in [3.63, 3.8) is 0 Å². The van der Waals surface area contributed by atoms with Crippen LogP contribution in [0.15, 0.2) is 65.5 Å². The molecule has 6 nitrogen and oxygen atoms in total. The molecule has 8 heteroatoms. The predicted octanol–water partition coefficient (Wildman–Crippen LogP) is 3.09. The molecule has 0 spiro atoms. The molecule has 1 saturated heterocycles. The third-order valence-electron chi connectivity index (χ3n) is 7.29. The van der Waals surface area contributed by atoms with E-state index in [4.69, 9.17) is 0 Å². The Morgan fingerprint density at radius 1 is 1.09 bits per heavy atom. The quantitative estimate of drug-likeness (QED) is 0.570. The number of amides is 1. The van der Waals surface area contributed by atoms with E-state index in [-0.39, 0.29) is 48.8 Å². The van der Waals surface area contributed by atoms with E-state index in [1.165, 1.54) is 18.2 Å². The monoisotopic (exact) mass is 479 g/mol. The van der Waals surface area contributed by atoms with Crippen LogP contribution in [0.25, 0.3) is 11.1 Å². The summed E-state index contributed by atoms with van der Waals surface area (Å²) in [5.41, 5.74) is 1.95. The molecule has 5 rings (SSSR count). The molecule has 3 heterocycles. The first-order valence-electron chi connectivity index (χ1n) is 11.8. The smallest absolute Gasteiger partial charge is 0.258 e. The largest absolute Gasteiger partial charge is 0.396 e. The minimum absolute atomic E-state index is 0.193. The van der Waals surface area contributed by atoms with Gasteiger partial charge in [-0.3, -0.25) is 14.5 Å². The van der Waals surface area contributed by atoms with Gasteiger partial charge < -0.3 is 15.0 Å². The van der Waals surface area contributed by atoms with Crippen molar-refractivity contribution in [2.45, 2.75) is 32.1 Å². The highest BCUT2D eigenvalue weighted by Gasteiger charge is 2.55. The van der Waals surface area contributed by atoms with Crippen molar-refractivity contribution in [3.05, 3.63) is 93.9 Å². The number of rotatable bonds is 6. The summed E-state index contributed by atoms with van der Waals surface area (Å²) in [6, 6.07) is 14.9. The number of hydrogen-bond donors (Lipinski definition) is 2. The molecule has 0 aliphatic carbocycles. The predicted molar refractivity (Wildman–Crippen MR) is 127 cm³/mol. The normalized spacial score (nSPS) is 23.2. The molecule has 2 bridgehead atoms. The number of pyridine rings is 1. The molecule has 1 fully saturated rings. The molecule has 2 aliphatic heterocycles. The molecule has 3 aromatic rings. The zero-order chi connectivity index (χ0) is 24.7. The van der Waals surface area contributed by atoms with Gasteiger partial charge in [0.25, 0.3) is 5.56 Å². The summed E-state index contributed by atoms with van der Waals surface area (Å²) in [6.07, 6.45) is 0. The van der Waals surface area contributed by atoms with Gasteiger partial charge in [0.2, 0.25) is 5.91 Å². The topological polar surface area (TPSA) is 74.6 Å². The maximum absolute atomic E-state index is 14.6. The number of benzene rings is 2. The van der Waals surface area contributed by atoms with Crippen molar-refractivity contribution >= 4 is 5.91 Å². The molecule has 0 unspecified atom stereocenters. The summed E-state index contributed by atoms with van der Waals surface area (Å²) in [5, 5.41) is 13.2. The van der Waals surface area contributed by atoms with E-state index < -0.39 is 17.9 Å². The molecular weight excluding hydrogens is 452 g/mol. The molecule has 1 amide bonds. The van der Waals surface area contributed by atoms with Crippen LogP contribution in [0.2, 0.25) is 0 Å². The number of fused-ring (bicyclic) bond motifs is 4. The fraction of sp³-hybridized carbons (Fsp3) is 0.333. The van der Waals surface area contributed by atoms with Crippen LogP contribution in [0.3, 0.4) is 0 Å². The average molecular weight is 480 g/mol. The number of aliphatic hydroxyl groups is 1. The molecule has 182 valence electrons. The van der Waals surface area contributed by atoms with E-state index >= 15 is 0 Å². The fourth-order valence-corrected chi connectivity index (χ4v) is 5.71. The number of carbonyl (C=O) groups is 1. The Hall–Kier alpha value is -3.36. The third-order valence-corrected chi connectivity index (χ3v) is 7.29. The lowest BCUT2D eigenvalue weighted by Crippen LogP contribution is -2.46. The summed E-state index contributed by atoms with van der Waals surface area (Å²) in [7, 11) is 0. The number of nitrogens with one attached hydrogen (secondary N) is 1. The maximum Gasteiger partial charge on any atom is 0.258 e. The van der Waals surface area contributed by atoms with Crippen LogP contribution in [-0.2, 0) is 17.9 Å². The van der Waals surface area contributed by atoms with E-state index in [0.29, 0.717) is 28.9 Å². The van der Waals surface area contributed by atoms with Crippen LogP contribution in [0.4, 0.5) is 8.78 Å². The maximum atomic E-state index is 14.6. The highest BCUT2D eigenvalue weighted by atomic mass is 19.1. The van der Waals surface area contributed by atoms with Crippen LogP contribution in [-0.4, -0.2) is 39.7 Å². The summed E-state index contributed by atoms with van der Waals surface area (Å²) < 4.78 is 29.7. The van der Waals surface area contributed by atoms with Crippen molar-refractivity contribution in [1.82, 2.24) is 14.8 Å². The van der Waals surface area contributed by atoms with Gasteiger partial charge in [0.1, 0.15) is 11.6 Å². The van der Waals surface area contributed by atoms with Crippen molar-refractivity contribution in [2.24, 2.45) is 11.8 Å². The van der Waals surface area contributed by atoms with Crippen molar-refractivity contribution < 1.29 is 18.7 Å². The van der Waals surface area contributed by atoms with Crippen molar-refractivity contribution in [3.8, 4) is 11.1 Å². The molecule has 0 radical (unpaired) electrons. The molecular formula is C27H27F2N3O3. The average Bonchev–Trinajstić information content (AvgIpc) is 3.06. The number of aliphatic hydroxyl groups excluding tert-OH is 1. The lowest BCUT2D eigenvalue weighted by molar-refractivity contribution is -0.127. The van der Waals surface area contributed by atoms with Gasteiger partial charge in [0.15, 0.2) is 0 Å². The highest BCUT2D eigenvalue weighted by Crippen LogP contribution is 2.49. The first-order chi connectivity index (χ1) is 16.9. The van der Waals surface area contributed by atoms with E-state index in [1.54, 1.807) is 41.0 Å². The molecule has 0 saturated carbocycles. The Labute approximate surface area is 201 Å². The Morgan fingerprint density at radius 3 is 2.51 bits per heavy atom. The van der Waals surface area contributed by atoms with E-state index in [9.17, 15) is 23.5 Å². The summed E-state index contributed by atoms with van der Waals surface area (Å²) in [5.74, 6) is -1.93. The van der Waals surface area contributed by atoms with Crippen LogP contribution in [0, 0.1) is 23.5 Å². The lowest BCUT2D eigenvalue weighted by Gasteiger charge is -2.38. The van der Waals surface area contributed by atoms with Crippen molar-refractivity contribution in [2.75, 3.05) is 13.2 Å². The molecule has 4 atom stereocenters. The second-order valence-electron chi connectivity index (χ2n) is 9.14. The van der Waals surface area contributed by atoms with Crippen LogP contribution in [0.1, 0.15) is 24.2 Å². The third kappa shape index (κ3) is 3.96. The Bertz CT molecular complexity index is 1310. The first-order valence-corrected chi connectivity index (χ1v) is 11.8. The standard InChI is InChI=1S/C27H27F2N3O3/c1-2-30-26(34)24-20(15-33)23-14-32-22(25(24)31(23)13-17-5-3-4-6-21(17)29)12-11-19(27(32)35)16-7-9-18(28)10-8-16/h3-12,20,23-25,33H,2,13-15H2,1H3,(H,30,34)/t20-,23-,24+,25+/m0/s1. The number of carbonyl (C=O) groups excluding carboxylic acids is 1. The van der Waals surface area contributed by atoms with Gasteiger partial charge in [-0.2, -0.15) is 0 Å². The van der Waals surface area contributed by atoms with Gasteiger partial charge in [-0.1, -0.05) is 30.3 Å². The zero-order valence-electron chi connectivity index (χ0n) is 19.3. The van der Waals surface area contributed by atoms with Crippen LogP contribution in [0.5, 0.6) is 0 Å². The van der Waals surface area contributed by atoms with Crippen LogP contribution < -0.4 is 10.9 Å². The van der Waals surface area contributed by atoms with E-state index in [0.717, 1.165) is 0 Å². The van der Waals surface area contributed by atoms with Crippen LogP contribution >= 0.6 is 0 Å². The minimum Gasteiger partial charge on any atom is -0.396 e. The van der Waals surface area contributed by atoms with Gasteiger partial charge in [-0.05, 0) is 42.8 Å². The fourth-order valence-electron chi connectivity index (χ4n) is 5.71. The van der Waals surface area contributed by atoms with Gasteiger partial charge in [0, 0.05) is 55.0 Å². The first kappa shape index (κ1) is 23.4. The molecule has 2 aliphatic rings. The lowest BCUT2D eigenvalue weighted by atomic mass is 9.86. The molecule has 35 heavy (non-hydrogen) atoms. The van der Waals surface area contributed by atoms with Gasteiger partial charge >= 0.3 is 0 Å². The summed E-state index contributed by atoms with van der Waals surface area (Å²) in [4.78, 5) is 28.8. The Kier molecular flexibility index (Phi) is 6.25. The minimum atomic E-state index is -0.596.